The first-order chi connectivity index (χ1) is 9.26. The number of aliphatic hydroxyl groups excluding tert-OH is 1. The van der Waals surface area contributed by atoms with Crippen molar-refractivity contribution >= 4 is 0 Å². The Morgan fingerprint density at radius 1 is 1.25 bits per heavy atom. The highest BCUT2D eigenvalue weighted by atomic mass is 16.5. The minimum atomic E-state index is -0.818. The van der Waals surface area contributed by atoms with Crippen molar-refractivity contribution < 1.29 is 19.7 Å². The molecule has 5 nitrogen and oxygen atoms in total. The van der Waals surface area contributed by atoms with Crippen LogP contribution in [0.5, 0.6) is 0 Å². The second kappa shape index (κ2) is 10.5. The largest absolute Gasteiger partial charge is 0.389 e. The van der Waals surface area contributed by atoms with Crippen molar-refractivity contribution in [3.8, 4) is 0 Å². The van der Waals surface area contributed by atoms with Crippen LogP contribution in [0.1, 0.15) is 40.5 Å². The molecular weight excluding hydrogens is 258 g/mol. The Morgan fingerprint density at radius 3 is 2.45 bits per heavy atom. The third kappa shape index (κ3) is 11.6. The molecular formula is C15H33NO4. The molecule has 0 radical (unpaired) electrons. The zero-order valence-electron chi connectivity index (χ0n) is 13.7. The first-order valence-corrected chi connectivity index (χ1v) is 7.48. The Labute approximate surface area is 123 Å². The van der Waals surface area contributed by atoms with Gasteiger partial charge in [-0.1, -0.05) is 13.8 Å². The topological polar surface area (TPSA) is 71.0 Å². The molecule has 3 unspecified atom stereocenters. The monoisotopic (exact) mass is 291 g/mol. The summed E-state index contributed by atoms with van der Waals surface area (Å²) in [6.45, 7) is 9.77. The molecule has 3 N–H and O–H groups in total. The molecule has 0 rings (SSSR count). The van der Waals surface area contributed by atoms with Gasteiger partial charge < -0.3 is 25.0 Å². The van der Waals surface area contributed by atoms with Crippen molar-refractivity contribution in [2.75, 3.05) is 33.4 Å². The van der Waals surface area contributed by atoms with E-state index in [4.69, 9.17) is 9.47 Å². The van der Waals surface area contributed by atoms with Crippen LogP contribution in [0.3, 0.4) is 0 Å². The Balaban J connectivity index is 3.69. The molecule has 0 bridgehead atoms. The first-order valence-electron chi connectivity index (χ1n) is 7.48. The van der Waals surface area contributed by atoms with E-state index in [1.165, 1.54) is 0 Å². The fourth-order valence-corrected chi connectivity index (χ4v) is 1.98. The molecule has 5 heteroatoms. The Morgan fingerprint density at radius 2 is 1.90 bits per heavy atom. The summed E-state index contributed by atoms with van der Waals surface area (Å²) >= 11 is 0. The summed E-state index contributed by atoms with van der Waals surface area (Å²) in [6.07, 6.45) is 1.16. The van der Waals surface area contributed by atoms with Crippen LogP contribution in [0, 0.1) is 5.92 Å². The maximum absolute atomic E-state index is 10.0. The number of ether oxygens (including phenoxy) is 2. The third-order valence-corrected chi connectivity index (χ3v) is 3.11. The molecule has 0 aliphatic carbocycles. The summed E-state index contributed by atoms with van der Waals surface area (Å²) in [5.74, 6) is 0.594. The van der Waals surface area contributed by atoms with E-state index < -0.39 is 11.7 Å². The highest BCUT2D eigenvalue weighted by Gasteiger charge is 2.20. The molecule has 0 aliphatic heterocycles. The molecule has 20 heavy (non-hydrogen) atoms. The van der Waals surface area contributed by atoms with Gasteiger partial charge in [-0.25, -0.2) is 0 Å². The average Bonchev–Trinajstić information content (AvgIpc) is 2.33. The number of aliphatic hydroxyl groups is 2. The summed E-state index contributed by atoms with van der Waals surface area (Å²) in [5, 5.41) is 22.9. The van der Waals surface area contributed by atoms with Crippen molar-refractivity contribution in [2.24, 2.45) is 5.92 Å². The number of methoxy groups -OCH3 is 1. The molecule has 0 aromatic carbocycles. The van der Waals surface area contributed by atoms with Crippen molar-refractivity contribution in [3.05, 3.63) is 0 Å². The number of rotatable bonds is 12. The van der Waals surface area contributed by atoms with E-state index in [-0.39, 0.29) is 6.10 Å². The smallest absolute Gasteiger partial charge is 0.0897 e. The lowest BCUT2D eigenvalue weighted by atomic mass is 10.0. The lowest BCUT2D eigenvalue weighted by Gasteiger charge is -2.24. The molecule has 122 valence electrons. The van der Waals surface area contributed by atoms with Crippen molar-refractivity contribution in [1.29, 1.82) is 0 Å². The maximum Gasteiger partial charge on any atom is 0.0897 e. The lowest BCUT2D eigenvalue weighted by Crippen LogP contribution is -2.42. The summed E-state index contributed by atoms with van der Waals surface area (Å²) in [5.41, 5.74) is -0.818. The van der Waals surface area contributed by atoms with Crippen LogP contribution in [0.15, 0.2) is 0 Å². The van der Waals surface area contributed by atoms with E-state index in [9.17, 15) is 10.2 Å². The van der Waals surface area contributed by atoms with Crippen molar-refractivity contribution in [2.45, 2.75) is 58.3 Å². The van der Waals surface area contributed by atoms with Gasteiger partial charge in [0.25, 0.3) is 0 Å². The summed E-state index contributed by atoms with van der Waals surface area (Å²) in [7, 11) is 1.61. The number of hydrogen-bond donors (Lipinski definition) is 3. The Bertz CT molecular complexity index is 234. The Hall–Kier alpha value is -0.200. The van der Waals surface area contributed by atoms with Crippen LogP contribution in [-0.2, 0) is 9.47 Å². The quantitative estimate of drug-likeness (QED) is 0.503. The fraction of sp³-hybridized carbons (Fsp3) is 1.00. The predicted molar refractivity (Wildman–Crippen MR) is 80.9 cm³/mol. The normalized spacial score (nSPS) is 18.0. The maximum atomic E-state index is 10.0. The van der Waals surface area contributed by atoms with Gasteiger partial charge in [-0.05, 0) is 26.2 Å². The van der Waals surface area contributed by atoms with Crippen LogP contribution in [0.4, 0.5) is 0 Å². The van der Waals surface area contributed by atoms with E-state index in [1.807, 2.05) is 6.92 Å². The predicted octanol–water partition coefficient (Wildman–Crippen LogP) is 1.18. The lowest BCUT2D eigenvalue weighted by molar-refractivity contribution is -0.0134. The molecule has 0 aliphatic rings. The van der Waals surface area contributed by atoms with E-state index in [1.54, 1.807) is 14.0 Å². The van der Waals surface area contributed by atoms with Gasteiger partial charge >= 0.3 is 0 Å². The fourth-order valence-electron chi connectivity index (χ4n) is 1.98. The molecule has 3 atom stereocenters. The highest BCUT2D eigenvalue weighted by Crippen LogP contribution is 2.08. The molecule has 0 spiro atoms. The van der Waals surface area contributed by atoms with Gasteiger partial charge in [0.2, 0.25) is 0 Å². The standard InChI is InChI=1S/C15H33NO4/c1-12(2)8-13(3)20-10-14(17)9-16-11-15(4,18)6-7-19-5/h12-14,16-18H,6-11H2,1-5H3. The van der Waals surface area contributed by atoms with Gasteiger partial charge in [0.05, 0.1) is 24.4 Å². The number of hydrogen-bond acceptors (Lipinski definition) is 5. The average molecular weight is 291 g/mol. The van der Waals surface area contributed by atoms with Crippen LogP contribution < -0.4 is 5.32 Å². The van der Waals surface area contributed by atoms with Crippen LogP contribution in [0.2, 0.25) is 0 Å². The molecule has 0 heterocycles. The third-order valence-electron chi connectivity index (χ3n) is 3.11. The Kier molecular flexibility index (Phi) is 10.4. The van der Waals surface area contributed by atoms with Crippen LogP contribution >= 0.6 is 0 Å². The molecule has 0 amide bonds. The first kappa shape index (κ1) is 19.8. The van der Waals surface area contributed by atoms with E-state index in [2.05, 4.69) is 19.2 Å². The van der Waals surface area contributed by atoms with E-state index >= 15 is 0 Å². The molecule has 0 saturated carbocycles. The van der Waals surface area contributed by atoms with Gasteiger partial charge in [-0.3, -0.25) is 0 Å². The van der Waals surface area contributed by atoms with Gasteiger partial charge in [0.1, 0.15) is 0 Å². The van der Waals surface area contributed by atoms with Crippen LogP contribution in [0.25, 0.3) is 0 Å². The van der Waals surface area contributed by atoms with Crippen molar-refractivity contribution in [1.82, 2.24) is 5.32 Å². The van der Waals surface area contributed by atoms with Crippen LogP contribution in [-0.4, -0.2) is 61.4 Å². The molecule has 0 aromatic heterocycles. The number of nitrogens with one attached hydrogen (secondary N) is 1. The minimum absolute atomic E-state index is 0.162. The minimum Gasteiger partial charge on any atom is -0.389 e. The van der Waals surface area contributed by atoms with Gasteiger partial charge in [-0.15, -0.1) is 0 Å². The van der Waals surface area contributed by atoms with Gasteiger partial charge in [0, 0.05) is 33.2 Å². The SMILES string of the molecule is COCCC(C)(O)CNCC(O)COC(C)CC(C)C. The molecule has 0 fully saturated rings. The highest BCUT2D eigenvalue weighted by molar-refractivity contribution is 4.76. The van der Waals surface area contributed by atoms with Gasteiger partial charge in [0.15, 0.2) is 0 Å². The van der Waals surface area contributed by atoms with Gasteiger partial charge in [-0.2, -0.15) is 0 Å². The summed E-state index contributed by atoms with van der Waals surface area (Å²) < 4.78 is 10.5. The summed E-state index contributed by atoms with van der Waals surface area (Å²) in [6, 6.07) is 0. The zero-order chi connectivity index (χ0) is 15.6. The van der Waals surface area contributed by atoms with Crippen molar-refractivity contribution in [3.63, 3.8) is 0 Å². The second-order valence-electron chi connectivity index (χ2n) is 6.30. The summed E-state index contributed by atoms with van der Waals surface area (Å²) in [4.78, 5) is 0. The molecule has 0 aromatic rings. The van der Waals surface area contributed by atoms with E-state index in [0.29, 0.717) is 38.6 Å². The zero-order valence-corrected chi connectivity index (χ0v) is 13.7. The van der Waals surface area contributed by atoms with E-state index in [0.717, 1.165) is 6.42 Å². The molecule has 0 saturated heterocycles. The second-order valence-corrected chi connectivity index (χ2v) is 6.30.